The van der Waals surface area contributed by atoms with Crippen LogP contribution in [0.15, 0.2) is 48.8 Å². The third kappa shape index (κ3) is 2.62. The number of nitrogens with zero attached hydrogens (tertiary/aromatic N) is 2. The average Bonchev–Trinajstić information content (AvgIpc) is 2.80. The van der Waals surface area contributed by atoms with Crippen LogP contribution in [0.3, 0.4) is 0 Å². The van der Waals surface area contributed by atoms with Crippen LogP contribution in [0.1, 0.15) is 0 Å². The lowest BCUT2D eigenvalue weighted by Crippen LogP contribution is -2.18. The lowest BCUT2D eigenvalue weighted by atomic mass is 10.2. The molecule has 2 aromatic carbocycles. The molecule has 0 aliphatic carbocycles. The molecule has 0 atom stereocenters. The standard InChI is InChI=1S/C14H10F3N3O/c15-14(16,17)21-13-4-2-1-3-12(13)20-8-19-10-7-9(18)5-6-11(10)20/h1-8H,18H2. The van der Waals surface area contributed by atoms with Gasteiger partial charge in [-0.05, 0) is 30.3 Å². The number of fused-ring (bicyclic) bond motifs is 1. The highest BCUT2D eigenvalue weighted by molar-refractivity contribution is 5.81. The molecule has 3 rings (SSSR count). The van der Waals surface area contributed by atoms with Crippen molar-refractivity contribution in [2.45, 2.75) is 6.36 Å². The quantitative estimate of drug-likeness (QED) is 0.736. The van der Waals surface area contributed by atoms with Gasteiger partial charge in [-0.3, -0.25) is 4.57 Å². The SMILES string of the molecule is Nc1ccc2c(c1)ncn2-c1ccccc1OC(F)(F)F. The molecule has 0 saturated carbocycles. The molecule has 7 heteroatoms. The summed E-state index contributed by atoms with van der Waals surface area (Å²) in [6.07, 6.45) is -3.32. The topological polar surface area (TPSA) is 53.1 Å². The Balaban J connectivity index is 2.15. The molecular formula is C14H10F3N3O. The largest absolute Gasteiger partial charge is 0.573 e. The van der Waals surface area contributed by atoms with E-state index in [4.69, 9.17) is 5.73 Å². The zero-order valence-electron chi connectivity index (χ0n) is 10.6. The summed E-state index contributed by atoms with van der Waals surface area (Å²) in [5.74, 6) is -0.291. The monoisotopic (exact) mass is 293 g/mol. The maximum atomic E-state index is 12.5. The number of anilines is 1. The van der Waals surface area contributed by atoms with Gasteiger partial charge in [0, 0.05) is 5.69 Å². The first-order valence-corrected chi connectivity index (χ1v) is 6.02. The van der Waals surface area contributed by atoms with Crippen LogP contribution in [0.4, 0.5) is 18.9 Å². The summed E-state index contributed by atoms with van der Waals surface area (Å²) >= 11 is 0. The van der Waals surface area contributed by atoms with Gasteiger partial charge >= 0.3 is 6.36 Å². The molecule has 0 aliphatic rings. The molecular weight excluding hydrogens is 283 g/mol. The van der Waals surface area contributed by atoms with Crippen molar-refractivity contribution >= 4 is 16.7 Å². The molecule has 3 aromatic rings. The maximum absolute atomic E-state index is 12.5. The van der Waals surface area contributed by atoms with Crippen molar-refractivity contribution in [3.05, 3.63) is 48.8 Å². The van der Waals surface area contributed by atoms with Crippen molar-refractivity contribution in [3.63, 3.8) is 0 Å². The molecule has 0 amide bonds. The number of nitrogens with two attached hydrogens (primary N) is 1. The lowest BCUT2D eigenvalue weighted by Gasteiger charge is -2.14. The van der Waals surface area contributed by atoms with Crippen molar-refractivity contribution in [3.8, 4) is 11.4 Å². The van der Waals surface area contributed by atoms with E-state index in [1.165, 1.54) is 29.1 Å². The predicted molar refractivity (Wildman–Crippen MR) is 72.2 cm³/mol. The molecule has 21 heavy (non-hydrogen) atoms. The van der Waals surface area contributed by atoms with Gasteiger partial charge in [0.25, 0.3) is 0 Å². The van der Waals surface area contributed by atoms with E-state index in [-0.39, 0.29) is 11.4 Å². The van der Waals surface area contributed by atoms with Gasteiger partial charge in [-0.15, -0.1) is 13.2 Å². The van der Waals surface area contributed by atoms with E-state index in [0.717, 1.165) is 0 Å². The zero-order valence-corrected chi connectivity index (χ0v) is 10.6. The molecule has 1 heterocycles. The molecule has 2 N–H and O–H groups in total. The van der Waals surface area contributed by atoms with Gasteiger partial charge in [0.15, 0.2) is 5.75 Å². The summed E-state index contributed by atoms with van der Waals surface area (Å²) in [4.78, 5) is 4.14. The van der Waals surface area contributed by atoms with Crippen LogP contribution in [0.5, 0.6) is 5.75 Å². The van der Waals surface area contributed by atoms with Gasteiger partial charge in [-0.25, -0.2) is 4.98 Å². The van der Waals surface area contributed by atoms with Crippen LogP contribution in [-0.2, 0) is 0 Å². The van der Waals surface area contributed by atoms with E-state index in [1.807, 2.05) is 0 Å². The highest BCUT2D eigenvalue weighted by Crippen LogP contribution is 2.31. The number of rotatable bonds is 2. The number of ether oxygens (including phenoxy) is 1. The Bertz CT molecular complexity index is 796. The first kappa shape index (κ1) is 13.3. The minimum absolute atomic E-state index is 0.252. The Morgan fingerprint density at radius 3 is 2.62 bits per heavy atom. The Hall–Kier alpha value is -2.70. The van der Waals surface area contributed by atoms with Crippen molar-refractivity contribution in [2.75, 3.05) is 5.73 Å². The summed E-state index contributed by atoms with van der Waals surface area (Å²) in [5.41, 5.74) is 7.68. The molecule has 0 unspecified atom stereocenters. The second-order valence-corrected chi connectivity index (χ2v) is 4.38. The highest BCUT2D eigenvalue weighted by atomic mass is 19.4. The molecule has 1 aromatic heterocycles. The summed E-state index contributed by atoms with van der Waals surface area (Å²) in [5, 5.41) is 0. The molecule has 0 radical (unpaired) electrons. The second kappa shape index (κ2) is 4.69. The van der Waals surface area contributed by atoms with Gasteiger partial charge in [-0.2, -0.15) is 0 Å². The van der Waals surface area contributed by atoms with E-state index in [1.54, 1.807) is 24.3 Å². The van der Waals surface area contributed by atoms with Gasteiger partial charge in [-0.1, -0.05) is 12.1 Å². The van der Waals surface area contributed by atoms with Crippen molar-refractivity contribution in [2.24, 2.45) is 0 Å². The second-order valence-electron chi connectivity index (χ2n) is 4.38. The number of hydrogen-bond donors (Lipinski definition) is 1. The van der Waals surface area contributed by atoms with Gasteiger partial charge in [0.05, 0.1) is 16.7 Å². The first-order valence-electron chi connectivity index (χ1n) is 6.02. The zero-order chi connectivity index (χ0) is 15.0. The van der Waals surface area contributed by atoms with E-state index in [0.29, 0.717) is 16.7 Å². The van der Waals surface area contributed by atoms with Gasteiger partial charge in [0.2, 0.25) is 0 Å². The first-order chi connectivity index (χ1) is 9.94. The van der Waals surface area contributed by atoms with Crippen molar-refractivity contribution in [1.29, 1.82) is 0 Å². The summed E-state index contributed by atoms with van der Waals surface area (Å²) < 4.78 is 43.0. The predicted octanol–water partition coefficient (Wildman–Crippen LogP) is 3.51. The van der Waals surface area contributed by atoms with Crippen LogP contribution in [0, 0.1) is 0 Å². The Morgan fingerprint density at radius 1 is 1.10 bits per heavy atom. The fourth-order valence-electron chi connectivity index (χ4n) is 2.09. The van der Waals surface area contributed by atoms with Gasteiger partial charge < -0.3 is 10.5 Å². The normalized spacial score (nSPS) is 11.8. The van der Waals surface area contributed by atoms with Crippen molar-refractivity contribution < 1.29 is 17.9 Å². The number of hydrogen-bond acceptors (Lipinski definition) is 3. The Morgan fingerprint density at radius 2 is 1.86 bits per heavy atom. The van der Waals surface area contributed by atoms with Crippen LogP contribution in [-0.4, -0.2) is 15.9 Å². The molecule has 0 saturated heterocycles. The fraction of sp³-hybridized carbons (Fsp3) is 0.0714. The number of alkyl halides is 3. The third-order valence-electron chi connectivity index (χ3n) is 2.92. The maximum Gasteiger partial charge on any atom is 0.573 e. The van der Waals surface area contributed by atoms with Crippen molar-refractivity contribution in [1.82, 2.24) is 9.55 Å². The molecule has 108 valence electrons. The van der Waals surface area contributed by atoms with Crippen LogP contribution in [0.2, 0.25) is 0 Å². The van der Waals surface area contributed by atoms with Gasteiger partial charge in [0.1, 0.15) is 6.33 Å². The molecule has 0 fully saturated rings. The number of para-hydroxylation sites is 2. The van der Waals surface area contributed by atoms with E-state index in [9.17, 15) is 13.2 Å². The molecule has 0 bridgehead atoms. The third-order valence-corrected chi connectivity index (χ3v) is 2.92. The smallest absolute Gasteiger partial charge is 0.404 e. The minimum Gasteiger partial charge on any atom is -0.404 e. The number of nitrogen functional groups attached to an aromatic ring is 1. The summed E-state index contributed by atoms with van der Waals surface area (Å²) in [7, 11) is 0. The average molecular weight is 293 g/mol. The fourth-order valence-corrected chi connectivity index (χ4v) is 2.09. The summed E-state index contributed by atoms with van der Waals surface area (Å²) in [6.45, 7) is 0. The molecule has 4 nitrogen and oxygen atoms in total. The van der Waals surface area contributed by atoms with E-state index < -0.39 is 6.36 Å². The van der Waals surface area contributed by atoms with Crippen LogP contribution < -0.4 is 10.5 Å². The van der Waals surface area contributed by atoms with E-state index in [2.05, 4.69) is 9.72 Å². The van der Waals surface area contributed by atoms with Crippen LogP contribution in [0.25, 0.3) is 16.7 Å². The summed E-state index contributed by atoms with van der Waals surface area (Å²) in [6, 6.07) is 10.9. The highest BCUT2D eigenvalue weighted by Gasteiger charge is 2.32. The minimum atomic E-state index is -4.75. The molecule has 0 spiro atoms. The lowest BCUT2D eigenvalue weighted by molar-refractivity contribution is -0.274. The van der Waals surface area contributed by atoms with Crippen LogP contribution >= 0.6 is 0 Å². The number of aromatic nitrogens is 2. The molecule has 0 aliphatic heterocycles. The number of imidazole rings is 1. The number of benzene rings is 2. The van der Waals surface area contributed by atoms with E-state index >= 15 is 0 Å². The Kier molecular flexibility index (Phi) is 2.97. The number of halogens is 3. The Labute approximate surface area is 117 Å².